The van der Waals surface area contributed by atoms with Gasteiger partial charge in [-0.1, -0.05) is 13.8 Å². The van der Waals surface area contributed by atoms with Gasteiger partial charge >= 0.3 is 0 Å². The van der Waals surface area contributed by atoms with E-state index in [0.717, 1.165) is 30.8 Å². The summed E-state index contributed by atoms with van der Waals surface area (Å²) in [6.45, 7) is 7.90. The number of piperidine rings is 1. The number of rotatable bonds is 2. The lowest BCUT2D eigenvalue weighted by atomic mass is 9.85. The van der Waals surface area contributed by atoms with E-state index in [1.54, 1.807) is 0 Å². The van der Waals surface area contributed by atoms with Crippen LogP contribution in [0.1, 0.15) is 50.4 Å². The molecule has 1 fully saturated rings. The molecule has 3 unspecified atom stereocenters. The summed E-state index contributed by atoms with van der Waals surface area (Å²) in [5.41, 5.74) is 9.17. The summed E-state index contributed by atoms with van der Waals surface area (Å²) in [5.74, 6) is 2.38. The van der Waals surface area contributed by atoms with Gasteiger partial charge in [-0.15, -0.1) is 0 Å². The fourth-order valence-corrected chi connectivity index (χ4v) is 3.87. The van der Waals surface area contributed by atoms with Crippen molar-refractivity contribution in [1.82, 2.24) is 4.98 Å². The number of aryl methyl sites for hydroxylation is 2. The summed E-state index contributed by atoms with van der Waals surface area (Å²) >= 11 is 0. The Morgan fingerprint density at radius 2 is 2.10 bits per heavy atom. The Hall–Kier alpha value is -1.58. The number of nitrogen functional groups attached to an aromatic ring is 1. The van der Waals surface area contributed by atoms with Crippen LogP contribution in [-0.2, 0) is 12.8 Å². The van der Waals surface area contributed by atoms with Crippen molar-refractivity contribution in [2.24, 2.45) is 17.6 Å². The zero-order chi connectivity index (χ0) is 15.1. The molecule has 3 rings (SSSR count). The maximum Gasteiger partial charge on any atom is 0.140 e. The smallest absolute Gasteiger partial charge is 0.140 e. The van der Waals surface area contributed by atoms with Crippen molar-refractivity contribution in [3.8, 4) is 0 Å². The van der Waals surface area contributed by atoms with Gasteiger partial charge in [-0.25, -0.2) is 4.98 Å². The molecule has 3 N–H and O–H groups in total. The Kier molecular flexibility index (Phi) is 3.64. The highest BCUT2D eigenvalue weighted by molar-refractivity contribution is 6.00. The fraction of sp³-hybridized carbons (Fsp3) is 0.647. The van der Waals surface area contributed by atoms with Gasteiger partial charge in [0, 0.05) is 18.3 Å². The van der Waals surface area contributed by atoms with E-state index in [4.69, 9.17) is 16.1 Å². The van der Waals surface area contributed by atoms with E-state index in [1.165, 1.54) is 24.1 Å². The van der Waals surface area contributed by atoms with Gasteiger partial charge in [0.25, 0.3) is 0 Å². The van der Waals surface area contributed by atoms with Crippen molar-refractivity contribution in [2.45, 2.75) is 52.5 Å². The van der Waals surface area contributed by atoms with Crippen molar-refractivity contribution in [3.05, 3.63) is 22.9 Å². The minimum absolute atomic E-state index is 0.144. The second-order valence-corrected chi connectivity index (χ2v) is 6.94. The Morgan fingerprint density at radius 1 is 1.33 bits per heavy atom. The number of aromatic nitrogens is 1. The minimum atomic E-state index is 0.144. The van der Waals surface area contributed by atoms with Crippen LogP contribution in [0, 0.1) is 17.2 Å². The normalized spacial score (nSPS) is 28.5. The van der Waals surface area contributed by atoms with E-state index < -0.39 is 0 Å². The zero-order valence-corrected chi connectivity index (χ0v) is 13.3. The molecular weight excluding hydrogens is 260 g/mol. The van der Waals surface area contributed by atoms with Gasteiger partial charge < -0.3 is 10.6 Å². The number of pyridine rings is 1. The van der Waals surface area contributed by atoms with E-state index >= 15 is 0 Å². The van der Waals surface area contributed by atoms with Gasteiger partial charge in [-0.2, -0.15) is 0 Å². The first-order valence-electron chi connectivity index (χ1n) is 8.11. The molecule has 2 aliphatic rings. The first kappa shape index (κ1) is 14.4. The SMILES string of the molecule is CC1CC(C)C(C)N(c2nc3c(cc2C(=N)N)CCC3)C1. The molecule has 0 amide bonds. The lowest BCUT2D eigenvalue weighted by Crippen LogP contribution is -2.47. The Labute approximate surface area is 127 Å². The van der Waals surface area contributed by atoms with Gasteiger partial charge in [-0.3, -0.25) is 5.41 Å². The lowest BCUT2D eigenvalue weighted by molar-refractivity contribution is 0.295. The summed E-state index contributed by atoms with van der Waals surface area (Å²) in [5, 5.41) is 7.94. The number of hydrogen-bond acceptors (Lipinski definition) is 3. The Morgan fingerprint density at radius 3 is 2.81 bits per heavy atom. The molecule has 1 aromatic rings. The predicted octanol–water partition coefficient (Wildman–Crippen LogP) is 2.73. The molecule has 21 heavy (non-hydrogen) atoms. The van der Waals surface area contributed by atoms with E-state index in [1.807, 2.05) is 0 Å². The highest BCUT2D eigenvalue weighted by Crippen LogP contribution is 2.34. The highest BCUT2D eigenvalue weighted by Gasteiger charge is 2.32. The molecule has 0 spiro atoms. The second-order valence-electron chi connectivity index (χ2n) is 6.94. The van der Waals surface area contributed by atoms with E-state index in [2.05, 4.69) is 31.7 Å². The van der Waals surface area contributed by atoms with Gasteiger partial charge in [0.15, 0.2) is 0 Å². The highest BCUT2D eigenvalue weighted by atomic mass is 15.2. The molecule has 0 saturated carbocycles. The van der Waals surface area contributed by atoms with Crippen molar-refractivity contribution in [2.75, 3.05) is 11.4 Å². The quantitative estimate of drug-likeness (QED) is 0.649. The summed E-state index contributed by atoms with van der Waals surface area (Å²) < 4.78 is 0. The molecule has 1 aromatic heterocycles. The van der Waals surface area contributed by atoms with Crippen LogP contribution in [0.15, 0.2) is 6.07 Å². The summed E-state index contributed by atoms with van der Waals surface area (Å²) in [6, 6.07) is 2.56. The lowest BCUT2D eigenvalue weighted by Gasteiger charge is -2.42. The molecule has 1 aliphatic carbocycles. The van der Waals surface area contributed by atoms with Gasteiger partial charge in [0.2, 0.25) is 0 Å². The average molecular weight is 286 g/mol. The predicted molar refractivity (Wildman–Crippen MR) is 87.0 cm³/mol. The van der Waals surface area contributed by atoms with E-state index in [9.17, 15) is 0 Å². The van der Waals surface area contributed by atoms with Crippen molar-refractivity contribution < 1.29 is 0 Å². The van der Waals surface area contributed by atoms with Crippen LogP contribution in [0.2, 0.25) is 0 Å². The Balaban J connectivity index is 2.06. The molecule has 4 heteroatoms. The Bertz CT molecular complexity index is 566. The molecular formula is C17H26N4. The minimum Gasteiger partial charge on any atom is -0.384 e. The molecule has 0 bridgehead atoms. The third-order valence-electron chi connectivity index (χ3n) is 5.19. The molecule has 0 aromatic carbocycles. The fourth-order valence-electron chi connectivity index (χ4n) is 3.87. The topological polar surface area (TPSA) is 66.0 Å². The van der Waals surface area contributed by atoms with Crippen LogP contribution in [0.3, 0.4) is 0 Å². The monoisotopic (exact) mass is 286 g/mol. The number of nitrogens with two attached hydrogens (primary N) is 1. The van der Waals surface area contributed by atoms with Crippen molar-refractivity contribution in [3.63, 3.8) is 0 Å². The maximum atomic E-state index is 7.94. The molecule has 3 atom stereocenters. The third kappa shape index (κ3) is 2.52. The number of amidine groups is 1. The first-order chi connectivity index (χ1) is 9.97. The molecule has 4 nitrogen and oxygen atoms in total. The first-order valence-corrected chi connectivity index (χ1v) is 8.11. The van der Waals surface area contributed by atoms with Gasteiger partial charge in [0.1, 0.15) is 11.7 Å². The van der Waals surface area contributed by atoms with Crippen LogP contribution in [0.25, 0.3) is 0 Å². The summed E-state index contributed by atoms with van der Waals surface area (Å²) in [6.07, 6.45) is 4.57. The number of hydrogen-bond donors (Lipinski definition) is 2. The van der Waals surface area contributed by atoms with Crippen LogP contribution in [0.4, 0.5) is 5.82 Å². The second kappa shape index (κ2) is 5.32. The number of fused-ring (bicyclic) bond motifs is 1. The van der Waals surface area contributed by atoms with Crippen LogP contribution in [-0.4, -0.2) is 23.4 Å². The molecule has 114 valence electrons. The molecule has 1 saturated heterocycles. The van der Waals surface area contributed by atoms with E-state index in [0.29, 0.717) is 17.9 Å². The third-order valence-corrected chi connectivity index (χ3v) is 5.19. The molecule has 0 radical (unpaired) electrons. The van der Waals surface area contributed by atoms with Crippen LogP contribution >= 0.6 is 0 Å². The molecule has 2 heterocycles. The summed E-state index contributed by atoms with van der Waals surface area (Å²) in [4.78, 5) is 7.31. The number of nitrogens with zero attached hydrogens (tertiary/aromatic N) is 2. The largest absolute Gasteiger partial charge is 0.384 e. The standard InChI is InChI=1S/C17H26N4/c1-10-7-11(2)12(3)21(9-10)17-14(16(18)19)8-13-5-4-6-15(13)20-17/h8,10-12H,4-7,9H2,1-3H3,(H3,18,19). The summed E-state index contributed by atoms with van der Waals surface area (Å²) in [7, 11) is 0. The average Bonchev–Trinajstić information content (AvgIpc) is 2.88. The van der Waals surface area contributed by atoms with Gasteiger partial charge in [0.05, 0.1) is 5.56 Å². The molecule has 1 aliphatic heterocycles. The zero-order valence-electron chi connectivity index (χ0n) is 13.3. The van der Waals surface area contributed by atoms with Crippen molar-refractivity contribution in [1.29, 1.82) is 5.41 Å². The van der Waals surface area contributed by atoms with E-state index in [-0.39, 0.29) is 5.84 Å². The number of nitrogens with one attached hydrogen (secondary N) is 1. The van der Waals surface area contributed by atoms with Crippen LogP contribution in [0.5, 0.6) is 0 Å². The van der Waals surface area contributed by atoms with Crippen LogP contribution < -0.4 is 10.6 Å². The number of anilines is 1. The van der Waals surface area contributed by atoms with Gasteiger partial charge in [-0.05, 0) is 56.1 Å². The van der Waals surface area contributed by atoms with Crippen molar-refractivity contribution >= 4 is 11.7 Å². The maximum absolute atomic E-state index is 7.94.